The largest absolute Gasteiger partial charge is 0.408 e. The Kier molecular flexibility index (Phi) is 4.69. The van der Waals surface area contributed by atoms with Gasteiger partial charge in [-0.05, 0) is 12.8 Å². The van der Waals surface area contributed by atoms with Crippen molar-refractivity contribution >= 4 is 27.6 Å². The maximum atomic E-state index is 12.3. The molecule has 6 nitrogen and oxygen atoms in total. The van der Waals surface area contributed by atoms with Gasteiger partial charge in [0.15, 0.2) is 5.82 Å². The van der Waals surface area contributed by atoms with Gasteiger partial charge in [0.05, 0.1) is 0 Å². The summed E-state index contributed by atoms with van der Waals surface area (Å²) >= 11 is 5.72. The van der Waals surface area contributed by atoms with Crippen molar-refractivity contribution < 1.29 is 21.6 Å². The van der Waals surface area contributed by atoms with E-state index in [1.807, 2.05) is 0 Å². The van der Waals surface area contributed by atoms with Crippen LogP contribution in [0.5, 0.6) is 0 Å². The van der Waals surface area contributed by atoms with Crippen LogP contribution in [-0.4, -0.2) is 41.8 Å². The third-order valence-electron chi connectivity index (χ3n) is 2.94. The van der Waals surface area contributed by atoms with Gasteiger partial charge in [0.1, 0.15) is 11.6 Å². The lowest BCUT2D eigenvalue weighted by atomic mass is 10.2. The van der Waals surface area contributed by atoms with Crippen molar-refractivity contribution in [2.75, 3.05) is 17.8 Å². The third-order valence-corrected chi connectivity index (χ3v) is 4.71. The minimum absolute atomic E-state index is 0.181. The molecular weight excluding hydrogens is 333 g/mol. The second kappa shape index (κ2) is 6.01. The van der Waals surface area contributed by atoms with E-state index in [4.69, 9.17) is 11.6 Å². The Balaban J connectivity index is 2.11. The fourth-order valence-electron chi connectivity index (χ4n) is 2.02. The standard InChI is InChI=1S/C10H14ClF3N4O2S/c11-8-6-17(7-10(12,13)14)15-9(8)16-21(19,20)18-4-2-1-3-5-18/h6H,1-5,7H2,(H,15,16). The molecule has 0 aliphatic carbocycles. The molecule has 1 saturated heterocycles. The molecule has 1 aliphatic rings. The van der Waals surface area contributed by atoms with Gasteiger partial charge < -0.3 is 0 Å². The molecule has 11 heteroatoms. The summed E-state index contributed by atoms with van der Waals surface area (Å²) in [5, 5.41) is 3.34. The molecule has 0 unspecified atom stereocenters. The Hall–Kier alpha value is -1.00. The normalized spacial score (nSPS) is 17.9. The van der Waals surface area contributed by atoms with Crippen molar-refractivity contribution in [1.82, 2.24) is 14.1 Å². The van der Waals surface area contributed by atoms with E-state index >= 15 is 0 Å². The van der Waals surface area contributed by atoms with Crippen molar-refractivity contribution in [3.63, 3.8) is 0 Å². The fourth-order valence-corrected chi connectivity index (χ4v) is 3.54. The quantitative estimate of drug-likeness (QED) is 0.909. The van der Waals surface area contributed by atoms with E-state index in [1.165, 1.54) is 4.31 Å². The summed E-state index contributed by atoms with van der Waals surface area (Å²) in [4.78, 5) is 0. The highest BCUT2D eigenvalue weighted by molar-refractivity contribution is 7.90. The molecule has 0 amide bonds. The Bertz CT molecular complexity index is 596. The second-order valence-corrected chi connectivity index (χ2v) is 6.78. The van der Waals surface area contributed by atoms with Gasteiger partial charge in [0.2, 0.25) is 0 Å². The molecule has 1 aromatic rings. The first-order valence-corrected chi connectivity index (χ1v) is 8.07. The summed E-state index contributed by atoms with van der Waals surface area (Å²) in [5.74, 6) is -0.300. The maximum Gasteiger partial charge on any atom is 0.408 e. The molecule has 0 bridgehead atoms. The predicted octanol–water partition coefficient (Wildman–Crippen LogP) is 2.24. The molecular formula is C10H14ClF3N4O2S. The van der Waals surface area contributed by atoms with Crippen LogP contribution in [0.15, 0.2) is 6.20 Å². The van der Waals surface area contributed by atoms with Crippen molar-refractivity contribution in [1.29, 1.82) is 0 Å². The molecule has 1 fully saturated rings. The first-order chi connectivity index (χ1) is 9.67. The Morgan fingerprint density at radius 1 is 1.29 bits per heavy atom. The van der Waals surface area contributed by atoms with Crippen LogP contribution in [0.3, 0.4) is 0 Å². The lowest BCUT2D eigenvalue weighted by Crippen LogP contribution is -2.39. The number of nitrogens with zero attached hydrogens (tertiary/aromatic N) is 3. The zero-order valence-electron chi connectivity index (χ0n) is 10.9. The van der Waals surface area contributed by atoms with Crippen LogP contribution in [0.25, 0.3) is 0 Å². The zero-order valence-corrected chi connectivity index (χ0v) is 12.5. The molecule has 2 heterocycles. The topological polar surface area (TPSA) is 67.2 Å². The van der Waals surface area contributed by atoms with Gasteiger partial charge >= 0.3 is 16.4 Å². The highest BCUT2D eigenvalue weighted by Gasteiger charge is 2.30. The van der Waals surface area contributed by atoms with E-state index < -0.39 is 22.9 Å². The van der Waals surface area contributed by atoms with Gasteiger partial charge in [-0.15, -0.1) is 0 Å². The highest BCUT2D eigenvalue weighted by atomic mass is 35.5. The summed E-state index contributed by atoms with van der Waals surface area (Å²) in [6, 6.07) is 0. The van der Waals surface area contributed by atoms with Crippen LogP contribution in [-0.2, 0) is 16.8 Å². The molecule has 0 atom stereocenters. The molecule has 0 radical (unpaired) electrons. The van der Waals surface area contributed by atoms with Gasteiger partial charge in [0.25, 0.3) is 0 Å². The number of nitrogens with one attached hydrogen (secondary N) is 1. The lowest BCUT2D eigenvalue weighted by Gasteiger charge is -2.25. The fraction of sp³-hybridized carbons (Fsp3) is 0.700. The van der Waals surface area contributed by atoms with E-state index in [-0.39, 0.29) is 10.8 Å². The van der Waals surface area contributed by atoms with Crippen LogP contribution in [0.1, 0.15) is 19.3 Å². The van der Waals surface area contributed by atoms with Crippen LogP contribution < -0.4 is 4.72 Å². The Labute approximate surface area is 125 Å². The SMILES string of the molecule is O=S(=O)(Nc1nn(CC(F)(F)F)cc1Cl)N1CCCCC1. The number of piperidine rings is 1. The summed E-state index contributed by atoms with van der Waals surface area (Å²) < 4.78 is 64.9. The number of alkyl halides is 3. The Morgan fingerprint density at radius 3 is 2.48 bits per heavy atom. The van der Waals surface area contributed by atoms with E-state index in [1.54, 1.807) is 0 Å². The number of halogens is 4. The number of hydrogen-bond donors (Lipinski definition) is 1. The van der Waals surface area contributed by atoms with E-state index in [0.29, 0.717) is 17.8 Å². The average molecular weight is 347 g/mol. The second-order valence-electron chi connectivity index (χ2n) is 4.71. The van der Waals surface area contributed by atoms with Gasteiger partial charge in [0, 0.05) is 19.3 Å². The first-order valence-electron chi connectivity index (χ1n) is 6.25. The van der Waals surface area contributed by atoms with Crippen molar-refractivity contribution in [3.05, 3.63) is 11.2 Å². The molecule has 120 valence electrons. The van der Waals surface area contributed by atoms with E-state index in [2.05, 4.69) is 9.82 Å². The zero-order chi connectivity index (χ0) is 15.7. The minimum Gasteiger partial charge on any atom is -0.260 e. The average Bonchev–Trinajstić information content (AvgIpc) is 2.67. The number of hydrogen-bond acceptors (Lipinski definition) is 3. The predicted molar refractivity (Wildman–Crippen MR) is 71.3 cm³/mol. The molecule has 0 aromatic carbocycles. The monoisotopic (exact) mass is 346 g/mol. The number of aromatic nitrogens is 2. The molecule has 2 rings (SSSR count). The van der Waals surface area contributed by atoms with Crippen molar-refractivity contribution in [2.24, 2.45) is 0 Å². The van der Waals surface area contributed by atoms with E-state index in [9.17, 15) is 21.6 Å². The highest BCUT2D eigenvalue weighted by Crippen LogP contribution is 2.25. The van der Waals surface area contributed by atoms with Crippen LogP contribution >= 0.6 is 11.6 Å². The minimum atomic E-state index is -4.46. The Morgan fingerprint density at radius 2 is 1.90 bits per heavy atom. The molecule has 21 heavy (non-hydrogen) atoms. The third kappa shape index (κ3) is 4.48. The lowest BCUT2D eigenvalue weighted by molar-refractivity contribution is -0.142. The smallest absolute Gasteiger partial charge is 0.260 e. The van der Waals surface area contributed by atoms with E-state index in [0.717, 1.165) is 25.5 Å². The van der Waals surface area contributed by atoms with Crippen LogP contribution in [0.4, 0.5) is 19.0 Å². The molecule has 1 N–H and O–H groups in total. The van der Waals surface area contributed by atoms with Crippen LogP contribution in [0.2, 0.25) is 5.02 Å². The summed E-state index contributed by atoms with van der Waals surface area (Å²) in [6.07, 6.45) is -1.08. The van der Waals surface area contributed by atoms with Crippen LogP contribution in [0, 0.1) is 0 Å². The number of anilines is 1. The molecule has 1 aliphatic heterocycles. The molecule has 1 aromatic heterocycles. The first kappa shape index (κ1) is 16.4. The summed E-state index contributed by atoms with van der Waals surface area (Å²) in [5.41, 5.74) is 0. The number of rotatable bonds is 4. The maximum absolute atomic E-state index is 12.3. The van der Waals surface area contributed by atoms with Gasteiger partial charge in [-0.1, -0.05) is 18.0 Å². The van der Waals surface area contributed by atoms with Gasteiger partial charge in [-0.25, -0.2) is 0 Å². The summed E-state index contributed by atoms with van der Waals surface area (Å²) in [7, 11) is -3.85. The summed E-state index contributed by atoms with van der Waals surface area (Å²) in [6.45, 7) is -0.593. The molecule has 0 spiro atoms. The van der Waals surface area contributed by atoms with Gasteiger partial charge in [-0.2, -0.15) is 31.0 Å². The molecule has 0 saturated carbocycles. The van der Waals surface area contributed by atoms with Gasteiger partial charge in [-0.3, -0.25) is 9.40 Å². The van der Waals surface area contributed by atoms with Crippen molar-refractivity contribution in [3.8, 4) is 0 Å². The van der Waals surface area contributed by atoms with Crippen molar-refractivity contribution in [2.45, 2.75) is 32.0 Å².